The summed E-state index contributed by atoms with van der Waals surface area (Å²) >= 11 is 0. The van der Waals surface area contributed by atoms with Crippen molar-refractivity contribution in [2.24, 2.45) is 5.92 Å². The summed E-state index contributed by atoms with van der Waals surface area (Å²) in [5.74, 6) is -0.104. The van der Waals surface area contributed by atoms with Gasteiger partial charge in [0.1, 0.15) is 0 Å². The van der Waals surface area contributed by atoms with Crippen molar-refractivity contribution >= 4 is 15.9 Å². The first kappa shape index (κ1) is 20.9. The molecule has 26 heavy (non-hydrogen) atoms. The topological polar surface area (TPSA) is 66.5 Å². The number of benzene rings is 1. The predicted octanol–water partition coefficient (Wildman–Crippen LogP) is 3.30. The Kier molecular flexibility index (Phi) is 5.88. The molecule has 0 spiro atoms. The summed E-state index contributed by atoms with van der Waals surface area (Å²) in [5.41, 5.74) is 0.824. The molecule has 5 nitrogen and oxygen atoms in total. The molecule has 2 rings (SSSR count). The summed E-state index contributed by atoms with van der Waals surface area (Å²) in [6.07, 6.45) is 1.11. The second kappa shape index (κ2) is 7.31. The van der Waals surface area contributed by atoms with Crippen LogP contribution in [-0.2, 0) is 20.2 Å². The van der Waals surface area contributed by atoms with Gasteiger partial charge in [-0.2, -0.15) is 4.31 Å². The standard InChI is InChI=1S/C20H32N2O3S/c1-19(2,3)16-7-9-17(10-8-16)26(24,25)22-13-11-15(12-14-22)18(23)21-20(4,5)6/h7-10,15H,11-14H2,1-6H3,(H,21,23). The molecule has 1 aliphatic rings. The van der Waals surface area contributed by atoms with Crippen molar-refractivity contribution in [3.8, 4) is 0 Å². The first-order chi connectivity index (χ1) is 11.8. The molecule has 1 aromatic carbocycles. The minimum absolute atomic E-state index is 0.0128. The van der Waals surface area contributed by atoms with Crippen LogP contribution in [0.4, 0.5) is 0 Å². The van der Waals surface area contributed by atoms with Gasteiger partial charge in [0.05, 0.1) is 4.90 Å². The van der Waals surface area contributed by atoms with Gasteiger partial charge in [0.2, 0.25) is 15.9 Å². The first-order valence-electron chi connectivity index (χ1n) is 9.23. The third kappa shape index (κ3) is 5.07. The van der Waals surface area contributed by atoms with Crippen molar-refractivity contribution in [3.63, 3.8) is 0 Å². The largest absolute Gasteiger partial charge is 0.351 e. The third-order valence-corrected chi connectivity index (χ3v) is 6.59. The van der Waals surface area contributed by atoms with Crippen LogP contribution in [0.3, 0.4) is 0 Å². The lowest BCUT2D eigenvalue weighted by Crippen LogP contribution is -2.47. The highest BCUT2D eigenvalue weighted by Gasteiger charge is 2.33. The van der Waals surface area contributed by atoms with Crippen molar-refractivity contribution in [1.82, 2.24) is 9.62 Å². The van der Waals surface area contributed by atoms with E-state index in [0.717, 1.165) is 5.56 Å². The number of amides is 1. The van der Waals surface area contributed by atoms with Crippen molar-refractivity contribution in [3.05, 3.63) is 29.8 Å². The number of nitrogens with zero attached hydrogens (tertiary/aromatic N) is 1. The number of hydrogen-bond acceptors (Lipinski definition) is 3. The lowest BCUT2D eigenvalue weighted by Gasteiger charge is -2.32. The van der Waals surface area contributed by atoms with Gasteiger partial charge in [-0.15, -0.1) is 0 Å². The van der Waals surface area contributed by atoms with Gasteiger partial charge in [0.15, 0.2) is 0 Å². The smallest absolute Gasteiger partial charge is 0.243 e. The molecule has 1 heterocycles. The summed E-state index contributed by atoms with van der Waals surface area (Å²) < 4.78 is 27.3. The lowest BCUT2D eigenvalue weighted by molar-refractivity contribution is -0.127. The highest BCUT2D eigenvalue weighted by atomic mass is 32.2. The summed E-state index contributed by atoms with van der Waals surface area (Å²) in [5, 5.41) is 2.99. The molecule has 0 radical (unpaired) electrons. The maximum absolute atomic E-state index is 12.9. The molecular weight excluding hydrogens is 348 g/mol. The Morgan fingerprint density at radius 1 is 1.00 bits per heavy atom. The Morgan fingerprint density at radius 3 is 1.92 bits per heavy atom. The normalized spacial score (nSPS) is 17.9. The number of piperidine rings is 1. The van der Waals surface area contributed by atoms with E-state index in [4.69, 9.17) is 0 Å². The molecule has 6 heteroatoms. The van der Waals surface area contributed by atoms with Crippen LogP contribution in [0.25, 0.3) is 0 Å². The van der Waals surface area contributed by atoms with Crippen molar-refractivity contribution < 1.29 is 13.2 Å². The number of sulfonamides is 1. The average Bonchev–Trinajstić information content (AvgIpc) is 2.52. The monoisotopic (exact) mass is 380 g/mol. The zero-order valence-electron chi connectivity index (χ0n) is 16.8. The summed E-state index contributed by atoms with van der Waals surface area (Å²) in [6, 6.07) is 7.15. The Balaban J connectivity index is 2.05. The van der Waals surface area contributed by atoms with Crippen molar-refractivity contribution in [2.75, 3.05) is 13.1 Å². The average molecular weight is 381 g/mol. The van der Waals surface area contributed by atoms with Crippen LogP contribution < -0.4 is 5.32 Å². The van der Waals surface area contributed by atoms with Gasteiger partial charge in [0, 0.05) is 24.5 Å². The lowest BCUT2D eigenvalue weighted by atomic mass is 9.87. The second-order valence-electron chi connectivity index (χ2n) is 9.19. The molecule has 0 saturated carbocycles. The molecular formula is C20H32N2O3S. The van der Waals surface area contributed by atoms with Crippen LogP contribution in [0.5, 0.6) is 0 Å². The highest BCUT2D eigenvalue weighted by Crippen LogP contribution is 2.27. The molecule has 1 amide bonds. The maximum Gasteiger partial charge on any atom is 0.243 e. The van der Waals surface area contributed by atoms with Gasteiger partial charge in [-0.1, -0.05) is 32.9 Å². The Hall–Kier alpha value is -1.40. The first-order valence-corrected chi connectivity index (χ1v) is 10.7. The minimum atomic E-state index is -3.51. The quantitative estimate of drug-likeness (QED) is 0.875. The SMILES string of the molecule is CC(C)(C)NC(=O)C1CCN(S(=O)(=O)c2ccc(C(C)(C)C)cc2)CC1. The van der Waals surface area contributed by atoms with Gasteiger partial charge < -0.3 is 5.32 Å². The van der Waals surface area contributed by atoms with E-state index in [9.17, 15) is 13.2 Å². The number of nitrogens with one attached hydrogen (secondary N) is 1. The zero-order valence-corrected chi connectivity index (χ0v) is 17.6. The van der Waals surface area contributed by atoms with Crippen LogP contribution in [0, 0.1) is 5.92 Å². The molecule has 0 bridgehead atoms. The van der Waals surface area contributed by atoms with Crippen LogP contribution >= 0.6 is 0 Å². The molecule has 1 fully saturated rings. The van der Waals surface area contributed by atoms with Crippen LogP contribution in [0.2, 0.25) is 0 Å². The molecule has 0 aromatic heterocycles. The van der Waals surface area contributed by atoms with Crippen molar-refractivity contribution in [1.29, 1.82) is 0 Å². The van der Waals surface area contributed by atoms with Gasteiger partial charge >= 0.3 is 0 Å². The fraction of sp³-hybridized carbons (Fsp3) is 0.650. The summed E-state index contributed by atoms with van der Waals surface area (Å²) in [6.45, 7) is 12.9. The number of hydrogen-bond donors (Lipinski definition) is 1. The molecule has 1 N–H and O–H groups in total. The van der Waals surface area contributed by atoms with E-state index in [0.29, 0.717) is 30.8 Å². The van der Waals surface area contributed by atoms with Crippen LogP contribution in [0.15, 0.2) is 29.2 Å². The van der Waals surface area contributed by atoms with Crippen molar-refractivity contribution in [2.45, 2.75) is 70.2 Å². The Morgan fingerprint density at radius 2 is 1.50 bits per heavy atom. The van der Waals surface area contributed by atoms with E-state index in [2.05, 4.69) is 26.1 Å². The van der Waals surface area contributed by atoms with Gasteiger partial charge in [-0.05, 0) is 56.7 Å². The summed E-state index contributed by atoms with van der Waals surface area (Å²) in [4.78, 5) is 12.6. The molecule has 1 saturated heterocycles. The molecule has 1 aromatic rings. The van der Waals surface area contributed by atoms with Crippen LogP contribution in [0.1, 0.15) is 59.9 Å². The molecule has 0 aliphatic carbocycles. The molecule has 1 aliphatic heterocycles. The minimum Gasteiger partial charge on any atom is -0.351 e. The van der Waals surface area contributed by atoms with Gasteiger partial charge in [-0.3, -0.25) is 4.79 Å². The third-order valence-electron chi connectivity index (χ3n) is 4.68. The fourth-order valence-corrected chi connectivity index (χ4v) is 4.58. The number of carbonyl (C=O) groups excluding carboxylic acids is 1. The zero-order chi connectivity index (χ0) is 19.8. The Bertz CT molecular complexity index is 733. The summed E-state index contributed by atoms with van der Waals surface area (Å²) in [7, 11) is -3.51. The van der Waals surface area contributed by atoms with Crippen LogP contribution in [-0.4, -0.2) is 37.3 Å². The van der Waals surface area contributed by atoms with E-state index in [1.807, 2.05) is 32.9 Å². The van der Waals surface area contributed by atoms with E-state index in [-0.39, 0.29) is 22.8 Å². The van der Waals surface area contributed by atoms with E-state index in [1.165, 1.54) is 4.31 Å². The van der Waals surface area contributed by atoms with E-state index < -0.39 is 10.0 Å². The van der Waals surface area contributed by atoms with E-state index >= 15 is 0 Å². The second-order valence-corrected chi connectivity index (χ2v) is 11.1. The Labute approximate surface area is 158 Å². The van der Waals surface area contributed by atoms with E-state index in [1.54, 1.807) is 12.1 Å². The predicted molar refractivity (Wildman–Crippen MR) is 105 cm³/mol. The molecule has 146 valence electrons. The molecule has 0 unspecified atom stereocenters. The van der Waals surface area contributed by atoms with Gasteiger partial charge in [0.25, 0.3) is 0 Å². The number of carbonyl (C=O) groups is 1. The fourth-order valence-electron chi connectivity index (χ4n) is 3.11. The highest BCUT2D eigenvalue weighted by molar-refractivity contribution is 7.89. The number of rotatable bonds is 3. The maximum atomic E-state index is 12.9. The van der Waals surface area contributed by atoms with Gasteiger partial charge in [-0.25, -0.2) is 8.42 Å². The molecule has 0 atom stereocenters.